The lowest BCUT2D eigenvalue weighted by atomic mass is 9.88. The highest BCUT2D eigenvalue weighted by atomic mass is 15.4. The van der Waals surface area contributed by atoms with E-state index in [2.05, 4.69) is 178 Å². The lowest BCUT2D eigenvalue weighted by Gasteiger charge is -2.33. The second-order valence-electron chi connectivity index (χ2n) is 14.3. The van der Waals surface area contributed by atoms with Gasteiger partial charge in [-0.1, -0.05) is 140 Å². The van der Waals surface area contributed by atoms with E-state index in [1.54, 1.807) is 0 Å². The number of fused-ring (bicyclic) bond motifs is 9. The number of rotatable bonds is 3. The number of benzene rings is 6. The highest BCUT2D eigenvalue weighted by molar-refractivity contribution is 6.07. The first-order chi connectivity index (χ1) is 25.8. The third kappa shape index (κ3) is 4.56. The Morgan fingerprint density at radius 3 is 2.19 bits per heavy atom. The van der Waals surface area contributed by atoms with E-state index in [1.165, 1.54) is 71.8 Å². The minimum Gasteiger partial charge on any atom is -0.336 e. The molecule has 0 saturated carbocycles. The first-order valence-electron chi connectivity index (χ1n) is 18.4. The first-order valence-corrected chi connectivity index (χ1v) is 18.4. The quantitative estimate of drug-likeness (QED) is 0.196. The smallest absolute Gasteiger partial charge is 0.206 e. The SMILES string of the molecule is C1=CC(n2c3c(c4ccccc42)CCc2ccccc2-3)Cc2c1c1cc3ccccc3cc1n2C1=NC(c2ccccc2)NC(c2ccccc2)N1. The minimum atomic E-state index is -0.219. The summed E-state index contributed by atoms with van der Waals surface area (Å²) in [5.41, 5.74) is 13.0. The van der Waals surface area contributed by atoms with Gasteiger partial charge in [0, 0.05) is 39.5 Å². The summed E-state index contributed by atoms with van der Waals surface area (Å²) in [7, 11) is 0. The zero-order valence-corrected chi connectivity index (χ0v) is 28.7. The summed E-state index contributed by atoms with van der Waals surface area (Å²) in [6.45, 7) is 0. The fraction of sp³-hybridized carbons (Fsp3) is 0.128. The number of nitrogens with one attached hydrogen (secondary N) is 2. The van der Waals surface area contributed by atoms with E-state index in [0.29, 0.717) is 0 Å². The Kier molecular flexibility index (Phi) is 6.64. The molecule has 3 heterocycles. The Hall–Kier alpha value is -6.17. The van der Waals surface area contributed by atoms with E-state index in [4.69, 9.17) is 4.99 Å². The van der Waals surface area contributed by atoms with E-state index in [-0.39, 0.29) is 18.4 Å². The monoisotopic (exact) mass is 671 g/mol. The second kappa shape index (κ2) is 11.7. The summed E-state index contributed by atoms with van der Waals surface area (Å²) in [5, 5.41) is 12.8. The molecule has 0 radical (unpaired) electrons. The van der Waals surface area contributed by atoms with Crippen molar-refractivity contribution in [3.63, 3.8) is 0 Å². The normalized spacial score (nSPS) is 19.2. The van der Waals surface area contributed by atoms with Crippen LogP contribution in [0.2, 0.25) is 0 Å². The maximum absolute atomic E-state index is 5.47. The third-order valence-corrected chi connectivity index (χ3v) is 11.4. The number of aliphatic imine (C=N–C) groups is 1. The molecule has 250 valence electrons. The molecular formula is C47H37N5. The van der Waals surface area contributed by atoms with Gasteiger partial charge in [-0.2, -0.15) is 0 Å². The molecule has 0 amide bonds. The largest absolute Gasteiger partial charge is 0.336 e. The third-order valence-electron chi connectivity index (χ3n) is 11.4. The van der Waals surface area contributed by atoms with Gasteiger partial charge in [0.1, 0.15) is 12.3 Å². The standard InChI is InChI=1S/C47H37N5/c1-3-14-31(15-4-1)45-48-46(32-16-5-2-6-17-32)50-47(49-45)52-42-28-34-19-8-7-18-33(34)27-40(42)38-26-24-35(29-43(38)52)51-41-22-12-11-21-37(41)39-25-23-30-13-9-10-20-36(30)44(39)51/h1-22,24,26-28,35,45-46,48H,23,25,29H2,(H,49,50). The van der Waals surface area contributed by atoms with Crippen LogP contribution in [0, 0.1) is 0 Å². The van der Waals surface area contributed by atoms with Crippen LogP contribution in [0.25, 0.3) is 49.9 Å². The summed E-state index contributed by atoms with van der Waals surface area (Å²) < 4.78 is 5.07. The molecule has 1 aliphatic heterocycles. The van der Waals surface area contributed by atoms with Gasteiger partial charge in [-0.15, -0.1) is 0 Å². The van der Waals surface area contributed by atoms with Crippen molar-refractivity contribution >= 4 is 44.6 Å². The Morgan fingerprint density at radius 1 is 0.635 bits per heavy atom. The topological polar surface area (TPSA) is 46.3 Å². The van der Waals surface area contributed by atoms with Gasteiger partial charge in [-0.25, -0.2) is 4.99 Å². The number of para-hydroxylation sites is 1. The Morgan fingerprint density at radius 2 is 1.35 bits per heavy atom. The highest BCUT2D eigenvalue weighted by Crippen LogP contribution is 2.45. The van der Waals surface area contributed by atoms with Crippen molar-refractivity contribution in [2.24, 2.45) is 4.99 Å². The van der Waals surface area contributed by atoms with Crippen LogP contribution in [0.4, 0.5) is 0 Å². The van der Waals surface area contributed by atoms with Crippen LogP contribution in [0.1, 0.15) is 51.9 Å². The maximum Gasteiger partial charge on any atom is 0.206 e. The van der Waals surface area contributed by atoms with Crippen molar-refractivity contribution in [2.75, 3.05) is 0 Å². The van der Waals surface area contributed by atoms with Crippen molar-refractivity contribution in [1.29, 1.82) is 0 Å². The zero-order chi connectivity index (χ0) is 34.2. The number of hydrogen-bond acceptors (Lipinski definition) is 3. The van der Waals surface area contributed by atoms with Gasteiger partial charge in [0.2, 0.25) is 5.96 Å². The lowest BCUT2D eigenvalue weighted by molar-refractivity contribution is 0.402. The van der Waals surface area contributed by atoms with Crippen molar-refractivity contribution in [2.45, 2.75) is 37.6 Å². The van der Waals surface area contributed by atoms with E-state index < -0.39 is 0 Å². The predicted molar refractivity (Wildman–Crippen MR) is 213 cm³/mol. The van der Waals surface area contributed by atoms with Gasteiger partial charge in [0.15, 0.2) is 0 Å². The molecule has 0 spiro atoms. The molecule has 0 saturated heterocycles. The van der Waals surface area contributed by atoms with Crippen LogP contribution in [-0.2, 0) is 19.3 Å². The predicted octanol–water partition coefficient (Wildman–Crippen LogP) is 10.1. The molecule has 5 heteroatoms. The van der Waals surface area contributed by atoms with Crippen LogP contribution in [0.3, 0.4) is 0 Å². The van der Waals surface area contributed by atoms with Gasteiger partial charge in [-0.05, 0) is 64.1 Å². The number of aromatic nitrogens is 2. The van der Waals surface area contributed by atoms with E-state index in [1.807, 2.05) is 0 Å². The van der Waals surface area contributed by atoms with Crippen LogP contribution in [-0.4, -0.2) is 15.1 Å². The van der Waals surface area contributed by atoms with Crippen molar-refractivity contribution in [3.8, 4) is 11.3 Å². The molecule has 8 aromatic rings. The van der Waals surface area contributed by atoms with Gasteiger partial charge in [-0.3, -0.25) is 9.88 Å². The summed E-state index contributed by atoms with van der Waals surface area (Å²) in [4.78, 5) is 5.47. The molecule has 2 aliphatic carbocycles. The van der Waals surface area contributed by atoms with Crippen LogP contribution in [0.15, 0.2) is 157 Å². The number of allylic oxidation sites excluding steroid dienone is 1. The maximum atomic E-state index is 5.47. The van der Waals surface area contributed by atoms with Crippen LogP contribution < -0.4 is 10.6 Å². The summed E-state index contributed by atoms with van der Waals surface area (Å²) >= 11 is 0. The van der Waals surface area contributed by atoms with Gasteiger partial charge in [0.05, 0.1) is 17.3 Å². The summed E-state index contributed by atoms with van der Waals surface area (Å²) in [6.07, 6.45) is 7.46. The highest BCUT2D eigenvalue weighted by Gasteiger charge is 2.33. The van der Waals surface area contributed by atoms with Gasteiger partial charge < -0.3 is 9.88 Å². The Labute approximate surface area is 302 Å². The lowest BCUT2D eigenvalue weighted by Crippen LogP contribution is -2.47. The van der Waals surface area contributed by atoms with Gasteiger partial charge >= 0.3 is 0 Å². The van der Waals surface area contributed by atoms with Gasteiger partial charge in [0.25, 0.3) is 0 Å². The van der Waals surface area contributed by atoms with Crippen molar-refractivity contribution < 1.29 is 0 Å². The molecular weight excluding hydrogens is 635 g/mol. The summed E-state index contributed by atoms with van der Waals surface area (Å²) in [5.74, 6) is 0.863. The minimum absolute atomic E-state index is 0.126. The molecule has 6 aromatic carbocycles. The number of nitrogens with zero attached hydrogens (tertiary/aromatic N) is 3. The molecule has 0 bridgehead atoms. The molecule has 2 aromatic heterocycles. The van der Waals surface area contributed by atoms with Crippen LogP contribution >= 0.6 is 0 Å². The fourth-order valence-electron chi connectivity index (χ4n) is 9.06. The zero-order valence-electron chi connectivity index (χ0n) is 28.7. The Balaban J connectivity index is 1.14. The van der Waals surface area contributed by atoms with E-state index in [0.717, 1.165) is 30.8 Å². The molecule has 52 heavy (non-hydrogen) atoms. The number of aryl methyl sites for hydroxylation is 2. The molecule has 3 unspecified atom stereocenters. The Bertz CT molecular complexity index is 2730. The average Bonchev–Trinajstić information content (AvgIpc) is 3.72. The van der Waals surface area contributed by atoms with E-state index >= 15 is 0 Å². The molecule has 0 fully saturated rings. The average molecular weight is 672 g/mol. The molecule has 11 rings (SSSR count). The van der Waals surface area contributed by atoms with Crippen molar-refractivity contribution in [3.05, 3.63) is 185 Å². The first kappa shape index (κ1) is 29.5. The van der Waals surface area contributed by atoms with Crippen molar-refractivity contribution in [1.82, 2.24) is 19.8 Å². The second-order valence-corrected chi connectivity index (χ2v) is 14.3. The molecule has 2 N–H and O–H groups in total. The fourth-order valence-corrected chi connectivity index (χ4v) is 9.06. The number of hydrogen-bond donors (Lipinski definition) is 2. The molecule has 3 aliphatic rings. The van der Waals surface area contributed by atoms with Crippen LogP contribution in [0.5, 0.6) is 0 Å². The van der Waals surface area contributed by atoms with E-state index in [9.17, 15) is 0 Å². The molecule has 5 nitrogen and oxygen atoms in total. The molecule has 3 atom stereocenters. The summed E-state index contributed by atoms with van der Waals surface area (Å²) in [6, 6.07) is 52.9.